The van der Waals surface area contributed by atoms with Crippen molar-refractivity contribution in [1.82, 2.24) is 30.0 Å². The lowest BCUT2D eigenvalue weighted by Gasteiger charge is -2.08. The molecular formula is C12H13N7O2S. The molecule has 2 N–H and O–H groups in total. The van der Waals surface area contributed by atoms with Crippen LogP contribution in [0.4, 0.5) is 5.82 Å². The number of fused-ring (bicyclic) bond motifs is 1. The molecule has 9 nitrogen and oxygen atoms in total. The van der Waals surface area contributed by atoms with Gasteiger partial charge in [0.05, 0.1) is 4.90 Å². The zero-order valence-electron chi connectivity index (χ0n) is 11.4. The standard InChI is InChI=1S/C12H13N7O2S/c20-22(21,10-4-2-1-3-5-10)14-9-8-13-11-6-7-12-15-17-18-19(12)16-11/h1-7,14H,8-9H2,(H,13,16). The molecule has 3 rings (SSSR count). The van der Waals surface area contributed by atoms with E-state index >= 15 is 0 Å². The average Bonchev–Trinajstić information content (AvgIpc) is 3.00. The summed E-state index contributed by atoms with van der Waals surface area (Å²) in [5, 5.41) is 18.0. The molecule has 0 unspecified atom stereocenters. The third kappa shape index (κ3) is 3.18. The minimum Gasteiger partial charge on any atom is -0.367 e. The number of aromatic nitrogens is 5. The van der Waals surface area contributed by atoms with Gasteiger partial charge in [-0.15, -0.1) is 14.8 Å². The zero-order chi connectivity index (χ0) is 15.4. The van der Waals surface area contributed by atoms with Gasteiger partial charge >= 0.3 is 0 Å². The van der Waals surface area contributed by atoms with Gasteiger partial charge < -0.3 is 5.32 Å². The molecule has 2 heterocycles. The maximum atomic E-state index is 12.0. The van der Waals surface area contributed by atoms with Crippen LogP contribution in [0.3, 0.4) is 0 Å². The Morgan fingerprint density at radius 1 is 1.05 bits per heavy atom. The maximum Gasteiger partial charge on any atom is 0.240 e. The van der Waals surface area contributed by atoms with E-state index in [1.54, 1.807) is 42.5 Å². The number of rotatable bonds is 6. The molecule has 22 heavy (non-hydrogen) atoms. The Hall–Kier alpha value is -2.59. The van der Waals surface area contributed by atoms with Gasteiger partial charge in [-0.1, -0.05) is 18.2 Å². The van der Waals surface area contributed by atoms with Crippen molar-refractivity contribution >= 4 is 21.5 Å². The second-order valence-corrected chi connectivity index (χ2v) is 6.15. The van der Waals surface area contributed by atoms with Gasteiger partial charge in [-0.3, -0.25) is 0 Å². The van der Waals surface area contributed by atoms with Gasteiger partial charge in [-0.25, -0.2) is 13.1 Å². The topological polar surface area (TPSA) is 114 Å². The summed E-state index contributed by atoms with van der Waals surface area (Å²) >= 11 is 0. The average molecular weight is 319 g/mol. The molecule has 0 saturated carbocycles. The highest BCUT2D eigenvalue weighted by molar-refractivity contribution is 7.89. The van der Waals surface area contributed by atoms with Crippen LogP contribution in [0, 0.1) is 0 Å². The van der Waals surface area contributed by atoms with E-state index in [0.29, 0.717) is 18.0 Å². The monoisotopic (exact) mass is 319 g/mol. The summed E-state index contributed by atoms with van der Waals surface area (Å²) < 4.78 is 27.8. The second-order valence-electron chi connectivity index (χ2n) is 4.38. The van der Waals surface area contributed by atoms with Crippen LogP contribution < -0.4 is 10.0 Å². The smallest absolute Gasteiger partial charge is 0.240 e. The van der Waals surface area contributed by atoms with Crippen molar-refractivity contribution in [2.45, 2.75) is 4.90 Å². The van der Waals surface area contributed by atoms with E-state index < -0.39 is 10.0 Å². The van der Waals surface area contributed by atoms with E-state index in [4.69, 9.17) is 0 Å². The maximum absolute atomic E-state index is 12.0. The lowest BCUT2D eigenvalue weighted by molar-refractivity contribution is 0.583. The first-order valence-corrected chi connectivity index (χ1v) is 7.97. The largest absolute Gasteiger partial charge is 0.367 e. The van der Waals surface area contributed by atoms with Crippen LogP contribution in [0.1, 0.15) is 0 Å². The first-order valence-electron chi connectivity index (χ1n) is 6.49. The molecule has 0 aliphatic carbocycles. The Morgan fingerprint density at radius 2 is 1.86 bits per heavy atom. The predicted molar refractivity (Wildman–Crippen MR) is 78.7 cm³/mol. The highest BCUT2D eigenvalue weighted by atomic mass is 32.2. The molecule has 0 radical (unpaired) electrons. The molecule has 0 spiro atoms. The lowest BCUT2D eigenvalue weighted by Crippen LogP contribution is -2.29. The summed E-state index contributed by atoms with van der Waals surface area (Å²) in [5.74, 6) is 0.554. The van der Waals surface area contributed by atoms with Crippen molar-refractivity contribution in [3.63, 3.8) is 0 Å². The van der Waals surface area contributed by atoms with E-state index in [1.807, 2.05) is 0 Å². The SMILES string of the molecule is O=S(=O)(NCCNc1ccc2nnnn2n1)c1ccccc1. The Kier molecular flexibility index (Phi) is 3.94. The fourth-order valence-corrected chi connectivity index (χ4v) is 2.86. The number of anilines is 1. The summed E-state index contributed by atoms with van der Waals surface area (Å²) in [6.45, 7) is 0.610. The van der Waals surface area contributed by atoms with Gasteiger partial charge in [-0.2, -0.15) is 0 Å². The molecule has 0 aliphatic heterocycles. The number of sulfonamides is 1. The summed E-state index contributed by atoms with van der Waals surface area (Å²) in [6.07, 6.45) is 0. The van der Waals surface area contributed by atoms with Crippen molar-refractivity contribution in [2.24, 2.45) is 0 Å². The van der Waals surface area contributed by atoms with Gasteiger partial charge in [0.25, 0.3) is 0 Å². The number of tetrazole rings is 1. The van der Waals surface area contributed by atoms with Crippen LogP contribution in [0.5, 0.6) is 0 Å². The van der Waals surface area contributed by atoms with E-state index in [-0.39, 0.29) is 11.4 Å². The van der Waals surface area contributed by atoms with Crippen molar-refractivity contribution in [3.05, 3.63) is 42.5 Å². The van der Waals surface area contributed by atoms with Crippen LogP contribution in [0.15, 0.2) is 47.4 Å². The molecule has 114 valence electrons. The molecule has 0 aliphatic rings. The van der Waals surface area contributed by atoms with Gasteiger partial charge in [0, 0.05) is 13.1 Å². The minimum atomic E-state index is -3.49. The third-order valence-electron chi connectivity index (χ3n) is 2.85. The fourth-order valence-electron chi connectivity index (χ4n) is 1.80. The molecular weight excluding hydrogens is 306 g/mol. The van der Waals surface area contributed by atoms with Crippen LogP contribution in [-0.2, 0) is 10.0 Å². The molecule has 10 heteroatoms. The summed E-state index contributed by atoms with van der Waals surface area (Å²) in [5.41, 5.74) is 0.537. The quantitative estimate of drug-likeness (QED) is 0.610. The highest BCUT2D eigenvalue weighted by Gasteiger charge is 2.11. The van der Waals surface area contributed by atoms with Crippen molar-refractivity contribution in [3.8, 4) is 0 Å². The van der Waals surface area contributed by atoms with Crippen LogP contribution in [0.25, 0.3) is 5.65 Å². The molecule has 2 aromatic heterocycles. The van der Waals surface area contributed by atoms with Crippen LogP contribution in [0.2, 0.25) is 0 Å². The number of hydrogen-bond acceptors (Lipinski definition) is 7. The summed E-state index contributed by atoms with van der Waals surface area (Å²) in [7, 11) is -3.49. The highest BCUT2D eigenvalue weighted by Crippen LogP contribution is 2.06. The Bertz CT molecular complexity index is 863. The van der Waals surface area contributed by atoms with Gasteiger partial charge in [0.15, 0.2) is 5.65 Å². The van der Waals surface area contributed by atoms with E-state index in [1.165, 1.54) is 4.63 Å². The molecule has 1 aromatic carbocycles. The number of nitrogens with zero attached hydrogens (tertiary/aromatic N) is 5. The number of benzene rings is 1. The van der Waals surface area contributed by atoms with Crippen molar-refractivity contribution in [1.29, 1.82) is 0 Å². The first-order chi connectivity index (χ1) is 10.6. The molecule has 0 saturated heterocycles. The molecule has 0 fully saturated rings. The normalized spacial score (nSPS) is 11.6. The fraction of sp³-hybridized carbons (Fsp3) is 0.167. The Balaban J connectivity index is 1.55. The minimum absolute atomic E-state index is 0.229. The Labute approximate surface area is 126 Å². The first kappa shape index (κ1) is 14.4. The van der Waals surface area contributed by atoms with E-state index in [2.05, 4.69) is 30.7 Å². The second kappa shape index (κ2) is 6.03. The van der Waals surface area contributed by atoms with Gasteiger partial charge in [0.2, 0.25) is 10.0 Å². The zero-order valence-corrected chi connectivity index (χ0v) is 12.2. The Morgan fingerprint density at radius 3 is 2.68 bits per heavy atom. The number of nitrogens with one attached hydrogen (secondary N) is 2. The van der Waals surface area contributed by atoms with E-state index in [9.17, 15) is 8.42 Å². The van der Waals surface area contributed by atoms with Gasteiger partial charge in [-0.05, 0) is 34.7 Å². The molecule has 0 amide bonds. The van der Waals surface area contributed by atoms with Crippen LogP contribution in [-0.4, -0.2) is 46.8 Å². The summed E-state index contributed by atoms with van der Waals surface area (Å²) in [4.78, 5) is 0.239. The van der Waals surface area contributed by atoms with Crippen molar-refractivity contribution < 1.29 is 8.42 Å². The summed E-state index contributed by atoms with van der Waals surface area (Å²) in [6, 6.07) is 11.6. The molecule has 0 atom stereocenters. The third-order valence-corrected chi connectivity index (χ3v) is 4.32. The van der Waals surface area contributed by atoms with E-state index in [0.717, 1.165) is 0 Å². The van der Waals surface area contributed by atoms with Crippen LogP contribution >= 0.6 is 0 Å². The predicted octanol–water partition coefficient (Wildman–Crippen LogP) is -0.0903. The lowest BCUT2D eigenvalue weighted by atomic mass is 10.4. The van der Waals surface area contributed by atoms with Gasteiger partial charge in [0.1, 0.15) is 5.82 Å². The molecule has 3 aromatic rings. The number of hydrogen-bond donors (Lipinski definition) is 2. The van der Waals surface area contributed by atoms with Crippen molar-refractivity contribution in [2.75, 3.05) is 18.4 Å². The molecule has 0 bridgehead atoms.